The molecule has 164 valence electrons. The third kappa shape index (κ3) is 3.26. The molecule has 4 aromatic rings. The second kappa shape index (κ2) is 6.92. The van der Waals surface area contributed by atoms with Gasteiger partial charge in [0.2, 0.25) is 5.69 Å². The van der Waals surface area contributed by atoms with E-state index in [1.165, 1.54) is 49.1 Å². The second-order valence-corrected chi connectivity index (χ2v) is 16.7. The van der Waals surface area contributed by atoms with Gasteiger partial charge in [0.25, 0.3) is 0 Å². The number of rotatable bonds is 2. The Labute approximate surface area is 192 Å². The standard InChI is InChI=1S/C29H34NOSi/c1-18-21-11-9-10-12-22(21)28(32(6,7)8)27-24(18)26-25-20(13-14-30(26)5)15-19(16-23(25)31-27)17-29(2,3)4/h9-16H,17H2,1-8H3/q+1. The Morgan fingerprint density at radius 1 is 0.969 bits per heavy atom. The van der Waals surface area contributed by atoms with Gasteiger partial charge in [-0.05, 0) is 57.3 Å². The molecule has 0 N–H and O–H groups in total. The molecule has 5 rings (SSSR count). The summed E-state index contributed by atoms with van der Waals surface area (Å²) in [5.74, 6) is 2.10. The minimum Gasteiger partial charge on any atom is -0.456 e. The first-order valence-corrected chi connectivity index (χ1v) is 15.1. The third-order valence-corrected chi connectivity index (χ3v) is 8.62. The van der Waals surface area contributed by atoms with E-state index < -0.39 is 8.07 Å². The van der Waals surface area contributed by atoms with Crippen molar-refractivity contribution in [3.8, 4) is 22.8 Å². The fourth-order valence-corrected chi connectivity index (χ4v) is 7.33. The number of pyridine rings is 1. The van der Waals surface area contributed by atoms with Gasteiger partial charge in [0, 0.05) is 6.07 Å². The van der Waals surface area contributed by atoms with Crippen molar-refractivity contribution in [2.24, 2.45) is 12.5 Å². The number of nitrogens with zero attached hydrogens (tertiary/aromatic N) is 1. The molecule has 0 fully saturated rings. The van der Waals surface area contributed by atoms with Gasteiger partial charge in [-0.1, -0.05) is 70.7 Å². The summed E-state index contributed by atoms with van der Waals surface area (Å²) in [4.78, 5) is 0. The predicted molar refractivity (Wildman–Crippen MR) is 139 cm³/mol. The maximum absolute atomic E-state index is 6.93. The molecule has 0 bridgehead atoms. The van der Waals surface area contributed by atoms with Crippen molar-refractivity contribution >= 4 is 34.8 Å². The van der Waals surface area contributed by atoms with E-state index in [-0.39, 0.29) is 5.41 Å². The SMILES string of the molecule is Cc1c2c(c([Si](C)(C)C)c3ccccc13)Oc1cc(CC(C)(C)C)cc3cc[n+](C)c-2c13. The Balaban J connectivity index is 1.93. The zero-order valence-electron chi connectivity index (χ0n) is 20.7. The molecule has 1 aliphatic rings. The van der Waals surface area contributed by atoms with E-state index in [1.807, 2.05) is 0 Å². The lowest BCUT2D eigenvalue weighted by Gasteiger charge is -2.30. The highest BCUT2D eigenvalue weighted by molar-refractivity contribution is 6.91. The summed E-state index contributed by atoms with van der Waals surface area (Å²) in [5, 5.41) is 6.63. The van der Waals surface area contributed by atoms with Gasteiger partial charge in [-0.15, -0.1) is 0 Å². The van der Waals surface area contributed by atoms with E-state index in [1.54, 1.807) is 0 Å². The highest BCUT2D eigenvalue weighted by Gasteiger charge is 2.36. The molecule has 1 aromatic heterocycles. The molecule has 32 heavy (non-hydrogen) atoms. The summed E-state index contributed by atoms with van der Waals surface area (Å²) in [6, 6.07) is 15.8. The zero-order valence-corrected chi connectivity index (χ0v) is 21.7. The van der Waals surface area contributed by atoms with E-state index in [0.29, 0.717) is 0 Å². The molecule has 3 aromatic carbocycles. The second-order valence-electron chi connectivity index (χ2n) is 11.7. The van der Waals surface area contributed by atoms with Crippen molar-refractivity contribution in [3.63, 3.8) is 0 Å². The molecule has 0 amide bonds. The van der Waals surface area contributed by atoms with Gasteiger partial charge in [-0.25, -0.2) is 4.57 Å². The first-order valence-electron chi connectivity index (χ1n) is 11.6. The molecule has 0 radical (unpaired) electrons. The van der Waals surface area contributed by atoms with Crippen LogP contribution < -0.4 is 14.5 Å². The van der Waals surface area contributed by atoms with Crippen LogP contribution in [0.3, 0.4) is 0 Å². The minimum atomic E-state index is -1.71. The summed E-state index contributed by atoms with van der Waals surface area (Å²) in [7, 11) is 0.458. The first kappa shape index (κ1) is 21.2. The lowest BCUT2D eigenvalue weighted by molar-refractivity contribution is -0.659. The average molecular weight is 441 g/mol. The highest BCUT2D eigenvalue weighted by Crippen LogP contribution is 2.48. The maximum atomic E-state index is 6.93. The van der Waals surface area contributed by atoms with E-state index in [4.69, 9.17) is 4.74 Å². The number of ether oxygens (including phenoxy) is 1. The molecule has 2 heterocycles. The quantitative estimate of drug-likeness (QED) is 0.212. The Hall–Kier alpha value is -2.65. The lowest BCUT2D eigenvalue weighted by Crippen LogP contribution is -2.41. The average Bonchev–Trinajstić information content (AvgIpc) is 2.67. The maximum Gasteiger partial charge on any atom is 0.228 e. The fraction of sp³-hybridized carbons (Fsp3) is 0.345. The van der Waals surface area contributed by atoms with Crippen molar-refractivity contribution < 1.29 is 9.30 Å². The van der Waals surface area contributed by atoms with Gasteiger partial charge < -0.3 is 4.74 Å². The lowest BCUT2D eigenvalue weighted by atomic mass is 9.86. The first-order chi connectivity index (χ1) is 15.0. The van der Waals surface area contributed by atoms with Crippen molar-refractivity contribution in [2.45, 2.75) is 53.8 Å². The minimum absolute atomic E-state index is 0.228. The summed E-state index contributed by atoms with van der Waals surface area (Å²) < 4.78 is 9.21. The Kier molecular flexibility index (Phi) is 4.59. The van der Waals surface area contributed by atoms with Crippen molar-refractivity contribution in [2.75, 3.05) is 0 Å². The van der Waals surface area contributed by atoms with Crippen molar-refractivity contribution in [1.82, 2.24) is 0 Å². The molecule has 0 spiro atoms. The molecule has 0 unspecified atom stereocenters. The molecule has 0 atom stereocenters. The smallest absolute Gasteiger partial charge is 0.228 e. The molecule has 3 heteroatoms. The summed E-state index contributed by atoms with van der Waals surface area (Å²) >= 11 is 0. The molecular formula is C29H34NOSi+. The predicted octanol–water partition coefficient (Wildman–Crippen LogP) is 7.03. The Morgan fingerprint density at radius 3 is 2.31 bits per heavy atom. The van der Waals surface area contributed by atoms with E-state index in [0.717, 1.165) is 17.9 Å². The van der Waals surface area contributed by atoms with Crippen LogP contribution in [0.1, 0.15) is 31.9 Å². The largest absolute Gasteiger partial charge is 0.456 e. The highest BCUT2D eigenvalue weighted by atomic mass is 28.3. The van der Waals surface area contributed by atoms with Crippen LogP contribution in [0.4, 0.5) is 0 Å². The number of benzene rings is 3. The van der Waals surface area contributed by atoms with Crippen molar-refractivity contribution in [3.05, 3.63) is 59.8 Å². The number of aryl methyl sites for hydroxylation is 2. The number of fused-ring (bicyclic) bond motifs is 3. The van der Waals surface area contributed by atoms with Gasteiger partial charge >= 0.3 is 0 Å². The topological polar surface area (TPSA) is 13.1 Å². The summed E-state index contributed by atoms with van der Waals surface area (Å²) in [6.07, 6.45) is 3.24. The van der Waals surface area contributed by atoms with E-state index >= 15 is 0 Å². The van der Waals surface area contributed by atoms with Gasteiger partial charge in [-0.3, -0.25) is 0 Å². The summed E-state index contributed by atoms with van der Waals surface area (Å²) in [5.41, 5.74) is 5.43. The molecule has 0 aliphatic carbocycles. The zero-order chi connectivity index (χ0) is 23.0. The van der Waals surface area contributed by atoms with Gasteiger partial charge in [0.05, 0.1) is 19.0 Å². The van der Waals surface area contributed by atoms with Crippen LogP contribution in [0.15, 0.2) is 48.7 Å². The number of hydrogen-bond acceptors (Lipinski definition) is 1. The van der Waals surface area contributed by atoms with Gasteiger partial charge in [0.15, 0.2) is 6.20 Å². The van der Waals surface area contributed by atoms with Crippen LogP contribution in [-0.2, 0) is 13.5 Å². The van der Waals surface area contributed by atoms with Crippen molar-refractivity contribution in [1.29, 1.82) is 0 Å². The monoisotopic (exact) mass is 440 g/mol. The molecule has 1 aliphatic heterocycles. The summed E-state index contributed by atoms with van der Waals surface area (Å²) in [6.45, 7) is 16.5. The van der Waals surface area contributed by atoms with Crippen LogP contribution in [0, 0.1) is 12.3 Å². The normalized spacial score (nSPS) is 13.4. The molecule has 2 nitrogen and oxygen atoms in total. The molecule has 0 saturated carbocycles. The van der Waals surface area contributed by atoms with Gasteiger partial charge in [0.1, 0.15) is 18.5 Å². The van der Waals surface area contributed by atoms with Crippen LogP contribution >= 0.6 is 0 Å². The van der Waals surface area contributed by atoms with Crippen LogP contribution in [0.5, 0.6) is 11.5 Å². The number of aromatic nitrogens is 1. The van der Waals surface area contributed by atoms with E-state index in [9.17, 15) is 0 Å². The Bertz CT molecular complexity index is 1400. The Morgan fingerprint density at radius 2 is 1.66 bits per heavy atom. The molecule has 0 saturated heterocycles. The van der Waals surface area contributed by atoms with Crippen LogP contribution in [-0.4, -0.2) is 8.07 Å². The van der Waals surface area contributed by atoms with Crippen LogP contribution in [0.25, 0.3) is 32.8 Å². The fourth-order valence-electron chi connectivity index (χ4n) is 5.44. The number of hydrogen-bond donors (Lipinski definition) is 0. The van der Waals surface area contributed by atoms with Gasteiger partial charge in [-0.2, -0.15) is 0 Å². The third-order valence-electron chi connectivity index (χ3n) is 6.62. The van der Waals surface area contributed by atoms with E-state index in [2.05, 4.69) is 108 Å². The van der Waals surface area contributed by atoms with Crippen LogP contribution in [0.2, 0.25) is 19.6 Å². The molecular weight excluding hydrogens is 406 g/mol.